The summed E-state index contributed by atoms with van der Waals surface area (Å²) in [5.74, 6) is -0.899. The predicted molar refractivity (Wildman–Crippen MR) is 234 cm³/mol. The predicted octanol–water partition coefficient (Wildman–Crippen LogP) is 7.80. The number of pyridine rings is 2. The smallest absolute Gasteiger partial charge is 0.343 e. The molecule has 1 saturated carbocycles. The van der Waals surface area contributed by atoms with Crippen molar-refractivity contribution in [3.63, 3.8) is 0 Å². The molecule has 3 aliphatic rings. The molecule has 1 aliphatic carbocycles. The summed E-state index contributed by atoms with van der Waals surface area (Å²) in [7, 11) is 0. The number of ether oxygens (including phenoxy) is 4. The Morgan fingerprint density at radius 3 is 2.35 bits per heavy atom. The van der Waals surface area contributed by atoms with Gasteiger partial charge in [-0.05, 0) is 97.8 Å². The van der Waals surface area contributed by atoms with Crippen LogP contribution in [0.15, 0.2) is 77.6 Å². The quantitative estimate of drug-likeness (QED) is 0.0617. The van der Waals surface area contributed by atoms with E-state index in [1.807, 2.05) is 55.1 Å². The Bertz CT molecular complexity index is 2570. The number of carbonyl (C=O) groups excluding carboxylic acids is 3. The lowest BCUT2D eigenvalue weighted by atomic mass is 9.68. The Hall–Kier alpha value is -5.40. The second kappa shape index (κ2) is 18.1. The van der Waals surface area contributed by atoms with Crippen molar-refractivity contribution in [3.05, 3.63) is 127 Å². The number of aryl methyl sites for hydroxylation is 1. The Kier molecular flexibility index (Phi) is 12.7. The van der Waals surface area contributed by atoms with Crippen molar-refractivity contribution in [1.82, 2.24) is 14.5 Å². The number of amides is 1. The largest absolute Gasteiger partial charge is 0.458 e. The minimum absolute atomic E-state index is 0.0590. The molecule has 0 bridgehead atoms. The second-order valence-electron chi connectivity index (χ2n) is 16.3. The summed E-state index contributed by atoms with van der Waals surface area (Å²) < 4.78 is 24.1. The van der Waals surface area contributed by atoms with Crippen LogP contribution in [0.5, 0.6) is 5.75 Å². The highest BCUT2D eigenvalue weighted by Crippen LogP contribution is 2.43. The first-order valence-electron chi connectivity index (χ1n) is 21.7. The number of aliphatic hydroxyl groups is 1. The third kappa shape index (κ3) is 8.05. The minimum Gasteiger partial charge on any atom is -0.458 e. The van der Waals surface area contributed by atoms with Gasteiger partial charge < -0.3 is 33.5 Å². The van der Waals surface area contributed by atoms with E-state index >= 15 is 0 Å². The molecular formula is C49H52ClN3O9. The Balaban J connectivity index is 1.01. The summed E-state index contributed by atoms with van der Waals surface area (Å²) in [6.45, 7) is 8.33. The molecule has 3 aromatic carbocycles. The zero-order chi connectivity index (χ0) is 43.6. The highest BCUT2D eigenvalue weighted by atomic mass is 35.5. The molecule has 5 aromatic rings. The van der Waals surface area contributed by atoms with Crippen LogP contribution in [-0.2, 0) is 60.9 Å². The summed E-state index contributed by atoms with van der Waals surface area (Å²) in [6, 6.07) is 21.8. The molecule has 13 heteroatoms. The summed E-state index contributed by atoms with van der Waals surface area (Å²) in [6.07, 6.45) is 5.19. The third-order valence-electron chi connectivity index (χ3n) is 12.8. The fourth-order valence-corrected chi connectivity index (χ4v) is 9.51. The maximum absolute atomic E-state index is 14.7. The number of hydrogen-bond acceptors (Lipinski definition) is 10. The van der Waals surface area contributed by atoms with E-state index in [0.29, 0.717) is 79.2 Å². The van der Waals surface area contributed by atoms with Crippen LogP contribution in [0.1, 0.15) is 103 Å². The molecular weight excluding hydrogens is 810 g/mol. The normalized spacial score (nSPS) is 17.5. The van der Waals surface area contributed by atoms with Crippen LogP contribution < -0.4 is 10.3 Å². The molecule has 1 amide bonds. The lowest BCUT2D eigenvalue weighted by Crippen LogP contribution is -2.48. The third-order valence-corrected chi connectivity index (χ3v) is 13.0. The molecule has 12 nitrogen and oxygen atoms in total. The molecule has 0 saturated heterocycles. The van der Waals surface area contributed by atoms with Gasteiger partial charge >= 0.3 is 11.9 Å². The summed E-state index contributed by atoms with van der Waals surface area (Å²) >= 11 is 6.27. The Labute approximate surface area is 365 Å². The molecule has 324 valence electrons. The van der Waals surface area contributed by atoms with Crippen molar-refractivity contribution in [3.8, 4) is 17.1 Å². The highest BCUT2D eigenvalue weighted by molar-refractivity contribution is 6.30. The van der Waals surface area contributed by atoms with Gasteiger partial charge in [-0.3, -0.25) is 9.59 Å². The monoisotopic (exact) mass is 861 g/mol. The molecule has 1 atom stereocenters. The highest BCUT2D eigenvalue weighted by Gasteiger charge is 2.46. The second-order valence-corrected chi connectivity index (χ2v) is 16.8. The molecule has 4 heterocycles. The maximum Gasteiger partial charge on any atom is 0.343 e. The first-order valence-corrected chi connectivity index (χ1v) is 22.0. The maximum atomic E-state index is 14.7. The van der Waals surface area contributed by atoms with E-state index in [2.05, 4.69) is 0 Å². The number of carbonyl (C=O) groups is 3. The topological polar surface area (TPSA) is 146 Å². The van der Waals surface area contributed by atoms with Crippen LogP contribution in [0.25, 0.3) is 22.3 Å². The number of nitrogens with zero attached hydrogens (tertiary/aromatic N) is 3. The van der Waals surface area contributed by atoms with E-state index in [1.54, 1.807) is 47.9 Å². The Morgan fingerprint density at radius 1 is 0.903 bits per heavy atom. The number of hydrogen-bond donors (Lipinski definition) is 1. The van der Waals surface area contributed by atoms with Crippen molar-refractivity contribution in [2.24, 2.45) is 0 Å². The number of fused-ring (bicyclic) bond motifs is 5. The fraction of sp³-hybridized carbons (Fsp3) is 0.408. The molecule has 8 rings (SSSR count). The lowest BCUT2D eigenvalue weighted by molar-refractivity contribution is -0.172. The molecule has 2 aliphatic heterocycles. The van der Waals surface area contributed by atoms with Crippen LogP contribution in [-0.4, -0.2) is 70.4 Å². The van der Waals surface area contributed by atoms with Gasteiger partial charge in [0.1, 0.15) is 12.4 Å². The standard InChI is InChI=1S/C49H52ClN3O9/c1-4-36-37-26-35(18-19-41(37)51-43-38(36)29-53-42(43)27-40-39(44(53)54)30-61-47(57)49(40,58)5-2)62-45(55)32-12-10-31(11-13-32)28-52(22-23-60-25-24-59-6-3)46(56)48(20-8-7-9-21-48)33-14-16-34(50)17-15-33/h10-19,26-27,58H,4-9,20-25,28-30H2,1-3H3/t49-/m1/s1. The molecule has 2 aromatic heterocycles. The van der Waals surface area contributed by atoms with Crippen LogP contribution in [0, 0.1) is 0 Å². The molecule has 1 N–H and O–H groups in total. The molecule has 0 unspecified atom stereocenters. The zero-order valence-electron chi connectivity index (χ0n) is 35.5. The van der Waals surface area contributed by atoms with E-state index in [9.17, 15) is 24.3 Å². The van der Waals surface area contributed by atoms with E-state index < -0.39 is 23.0 Å². The van der Waals surface area contributed by atoms with Crippen molar-refractivity contribution in [1.29, 1.82) is 0 Å². The van der Waals surface area contributed by atoms with Crippen LogP contribution in [0.2, 0.25) is 5.02 Å². The number of benzene rings is 3. The van der Waals surface area contributed by atoms with Gasteiger partial charge in [-0.15, -0.1) is 0 Å². The van der Waals surface area contributed by atoms with Gasteiger partial charge in [-0.2, -0.15) is 0 Å². The number of cyclic esters (lactones) is 1. The van der Waals surface area contributed by atoms with Crippen LogP contribution in [0.3, 0.4) is 0 Å². The average molecular weight is 862 g/mol. The van der Waals surface area contributed by atoms with Gasteiger partial charge in [0, 0.05) is 41.2 Å². The summed E-state index contributed by atoms with van der Waals surface area (Å²) in [5, 5.41) is 12.7. The van der Waals surface area contributed by atoms with Gasteiger partial charge in [-0.1, -0.05) is 69.0 Å². The van der Waals surface area contributed by atoms with E-state index in [4.69, 9.17) is 35.5 Å². The van der Waals surface area contributed by atoms with Gasteiger partial charge in [-0.25, -0.2) is 14.6 Å². The number of halogens is 1. The molecule has 0 spiro atoms. The number of esters is 2. The SMILES string of the molecule is CCOCCOCCN(Cc1ccc(C(=O)Oc2ccc3nc4c(c(CC)c3c2)Cn2c-4cc3c(c2=O)COC(=O)[C@@]3(O)CC)cc1)C(=O)C1(c2ccc(Cl)cc2)CCCCC1. The van der Waals surface area contributed by atoms with E-state index in [0.717, 1.165) is 59.7 Å². The number of aromatic nitrogens is 2. The van der Waals surface area contributed by atoms with Crippen molar-refractivity contribution >= 4 is 40.3 Å². The first-order chi connectivity index (χ1) is 30.0. The van der Waals surface area contributed by atoms with Gasteiger partial charge in [0.25, 0.3) is 5.56 Å². The molecule has 1 fully saturated rings. The van der Waals surface area contributed by atoms with Gasteiger partial charge in [0.2, 0.25) is 5.91 Å². The average Bonchev–Trinajstić information content (AvgIpc) is 3.66. The van der Waals surface area contributed by atoms with E-state index in [-0.39, 0.29) is 42.2 Å². The van der Waals surface area contributed by atoms with Gasteiger partial charge in [0.15, 0.2) is 5.60 Å². The van der Waals surface area contributed by atoms with Crippen LogP contribution >= 0.6 is 11.6 Å². The van der Waals surface area contributed by atoms with Crippen LogP contribution in [0.4, 0.5) is 0 Å². The van der Waals surface area contributed by atoms with Crippen molar-refractivity contribution in [2.45, 2.75) is 96.4 Å². The zero-order valence-corrected chi connectivity index (χ0v) is 36.2. The first kappa shape index (κ1) is 43.3. The van der Waals surface area contributed by atoms with Gasteiger partial charge in [0.05, 0.1) is 59.8 Å². The van der Waals surface area contributed by atoms with Crippen molar-refractivity contribution < 1.29 is 38.4 Å². The summed E-state index contributed by atoms with van der Waals surface area (Å²) in [4.78, 5) is 61.5. The summed E-state index contributed by atoms with van der Waals surface area (Å²) in [5.41, 5.74) is 3.45. The van der Waals surface area contributed by atoms with Crippen molar-refractivity contribution in [2.75, 3.05) is 33.0 Å². The molecule has 62 heavy (non-hydrogen) atoms. The number of rotatable bonds is 15. The Morgan fingerprint density at radius 2 is 1.65 bits per heavy atom. The fourth-order valence-electron chi connectivity index (χ4n) is 9.39. The minimum atomic E-state index is -1.91. The van der Waals surface area contributed by atoms with E-state index in [1.165, 1.54) is 0 Å². The lowest BCUT2D eigenvalue weighted by Gasteiger charge is -2.40. The molecule has 0 radical (unpaired) electrons.